The average molecular weight is 517 g/mol. The maximum atomic E-state index is 13.2. The molecule has 5 nitrogen and oxygen atoms in total. The first kappa shape index (κ1) is 25.9. The van der Waals surface area contributed by atoms with Gasteiger partial charge in [0.25, 0.3) is 5.91 Å². The summed E-state index contributed by atoms with van der Waals surface area (Å²) in [6.45, 7) is 2.12. The summed E-state index contributed by atoms with van der Waals surface area (Å²) < 4.78 is 44.4. The molecule has 0 spiro atoms. The van der Waals surface area contributed by atoms with Crippen LogP contribution in [0.5, 0.6) is 0 Å². The average Bonchev–Trinajstić information content (AvgIpc) is 3.27. The van der Waals surface area contributed by atoms with Crippen LogP contribution in [0.1, 0.15) is 51.8 Å². The number of likely N-dealkylation sites (tertiary alicyclic amines) is 1. The number of benzene rings is 2. The maximum absolute atomic E-state index is 13.2. The summed E-state index contributed by atoms with van der Waals surface area (Å²) >= 11 is 1.65. The zero-order valence-corrected chi connectivity index (χ0v) is 20.8. The number of piperidine rings is 1. The van der Waals surface area contributed by atoms with Crippen molar-refractivity contribution >= 4 is 29.3 Å². The van der Waals surface area contributed by atoms with E-state index in [4.69, 9.17) is 4.42 Å². The van der Waals surface area contributed by atoms with Gasteiger partial charge in [0.1, 0.15) is 5.76 Å². The van der Waals surface area contributed by atoms with Gasteiger partial charge in [0.05, 0.1) is 12.0 Å². The molecule has 1 N–H and O–H groups in total. The Morgan fingerprint density at radius 3 is 2.28 bits per heavy atom. The number of hydrogen-bond donors (Lipinski definition) is 1. The third-order valence-corrected chi connectivity index (χ3v) is 7.06. The van der Waals surface area contributed by atoms with Gasteiger partial charge < -0.3 is 14.6 Å². The Kier molecular flexibility index (Phi) is 7.78. The highest BCUT2D eigenvalue weighted by Crippen LogP contribution is 2.36. The number of carbonyl (C=O) groups is 2. The van der Waals surface area contributed by atoms with Gasteiger partial charge in [-0.1, -0.05) is 24.3 Å². The van der Waals surface area contributed by atoms with Crippen molar-refractivity contribution < 1.29 is 27.2 Å². The van der Waals surface area contributed by atoms with E-state index < -0.39 is 23.4 Å². The van der Waals surface area contributed by atoms with Gasteiger partial charge >= 0.3 is 6.18 Å². The van der Waals surface area contributed by atoms with E-state index in [1.807, 2.05) is 54.8 Å². The molecule has 0 radical (unpaired) electrons. The van der Waals surface area contributed by atoms with Gasteiger partial charge in [0.2, 0.25) is 11.7 Å². The monoisotopic (exact) mass is 516 g/mol. The van der Waals surface area contributed by atoms with E-state index in [9.17, 15) is 22.8 Å². The number of halogens is 3. The van der Waals surface area contributed by atoms with E-state index >= 15 is 0 Å². The van der Waals surface area contributed by atoms with Crippen molar-refractivity contribution in [2.45, 2.75) is 43.2 Å². The number of rotatable bonds is 6. The van der Waals surface area contributed by atoms with Crippen LogP contribution in [0.25, 0.3) is 0 Å². The summed E-state index contributed by atoms with van der Waals surface area (Å²) in [5.41, 5.74) is 2.28. The molecule has 0 aliphatic carbocycles. The van der Waals surface area contributed by atoms with E-state index in [0.29, 0.717) is 31.6 Å². The second-order valence-electron chi connectivity index (χ2n) is 8.86. The number of hydrogen-bond acceptors (Lipinski definition) is 4. The lowest BCUT2D eigenvalue weighted by atomic mass is 9.89. The van der Waals surface area contributed by atoms with Crippen molar-refractivity contribution in [2.75, 3.05) is 24.7 Å². The van der Waals surface area contributed by atoms with Crippen molar-refractivity contribution in [1.82, 2.24) is 4.90 Å². The maximum Gasteiger partial charge on any atom is 0.450 e. The molecule has 36 heavy (non-hydrogen) atoms. The molecule has 9 heteroatoms. The second kappa shape index (κ2) is 10.8. The Morgan fingerprint density at radius 2 is 1.69 bits per heavy atom. The van der Waals surface area contributed by atoms with E-state index in [2.05, 4.69) is 5.32 Å². The molecule has 1 fully saturated rings. The number of furan rings is 1. The van der Waals surface area contributed by atoms with Crippen LogP contribution in [0, 0.1) is 6.92 Å². The van der Waals surface area contributed by atoms with Crippen LogP contribution in [0.4, 0.5) is 18.9 Å². The van der Waals surface area contributed by atoms with Crippen LogP contribution < -0.4 is 5.32 Å². The number of nitrogens with one attached hydrogen (secondary N) is 1. The highest BCUT2D eigenvalue weighted by molar-refractivity contribution is 7.98. The quantitative estimate of drug-likeness (QED) is 0.379. The van der Waals surface area contributed by atoms with Crippen molar-refractivity contribution in [3.8, 4) is 0 Å². The highest BCUT2D eigenvalue weighted by Gasteiger charge is 2.41. The van der Waals surface area contributed by atoms with Gasteiger partial charge in [-0.3, -0.25) is 9.59 Å². The fraction of sp³-hybridized carbons (Fsp3) is 0.333. The molecule has 4 rings (SSSR count). The predicted octanol–water partition coefficient (Wildman–Crippen LogP) is 6.53. The largest absolute Gasteiger partial charge is 0.456 e. The van der Waals surface area contributed by atoms with Gasteiger partial charge in [-0.2, -0.15) is 13.2 Å². The molecule has 3 aromatic rings. The van der Waals surface area contributed by atoms with Crippen LogP contribution in [-0.4, -0.2) is 36.1 Å². The second-order valence-corrected chi connectivity index (χ2v) is 9.74. The van der Waals surface area contributed by atoms with Crippen molar-refractivity contribution in [1.29, 1.82) is 0 Å². The summed E-state index contributed by atoms with van der Waals surface area (Å²) in [7, 11) is 0. The number of aryl methyl sites for hydroxylation is 1. The third-order valence-electron chi connectivity index (χ3n) is 6.31. The Labute approximate surface area is 212 Å². The Bertz CT molecular complexity index is 1210. The van der Waals surface area contributed by atoms with Crippen LogP contribution >= 0.6 is 11.8 Å². The summed E-state index contributed by atoms with van der Waals surface area (Å²) in [6, 6.07) is 16.6. The lowest BCUT2D eigenvalue weighted by Gasteiger charge is -2.32. The molecule has 1 aliphatic rings. The fourth-order valence-corrected chi connectivity index (χ4v) is 4.85. The summed E-state index contributed by atoms with van der Waals surface area (Å²) in [5.74, 6) is -1.75. The topological polar surface area (TPSA) is 62.6 Å². The molecule has 0 atom stereocenters. The first-order valence-electron chi connectivity index (χ1n) is 11.6. The molecule has 0 bridgehead atoms. The minimum absolute atomic E-state index is 0.0567. The molecule has 1 aromatic heterocycles. The molecule has 2 heterocycles. The number of amides is 2. The number of thioether (sulfide) groups is 1. The molecule has 1 saturated heterocycles. The number of carbonyl (C=O) groups excluding carboxylic acids is 2. The van der Waals surface area contributed by atoms with E-state index in [1.165, 1.54) is 11.8 Å². The van der Waals surface area contributed by atoms with Gasteiger partial charge in [-0.05, 0) is 73.4 Å². The molecule has 190 valence electrons. The van der Waals surface area contributed by atoms with Gasteiger partial charge in [-0.25, -0.2) is 0 Å². The number of alkyl halides is 3. The standard InChI is InChI=1S/C27H27F3N2O3S/c1-17-15-23(25(35-17)27(28,29)30)26(34)32-13-11-20(12-14-32)19-5-7-21(8-6-19)31-24(33)16-18-3-9-22(36-2)10-4-18/h3-10,15,20H,11-14,16H2,1-2H3,(H,31,33). The third kappa shape index (κ3) is 6.13. The van der Waals surface area contributed by atoms with Crippen molar-refractivity contribution in [3.05, 3.63) is 82.8 Å². The van der Waals surface area contributed by atoms with Crippen LogP contribution in [0.3, 0.4) is 0 Å². The molecular weight excluding hydrogens is 489 g/mol. The first-order chi connectivity index (χ1) is 17.1. The highest BCUT2D eigenvalue weighted by atomic mass is 32.2. The van der Waals surface area contributed by atoms with E-state index in [1.54, 1.807) is 11.8 Å². The molecular formula is C27H27F3N2O3S. The molecule has 0 unspecified atom stereocenters. The first-order valence-corrected chi connectivity index (χ1v) is 12.9. The zero-order chi connectivity index (χ0) is 25.9. The zero-order valence-electron chi connectivity index (χ0n) is 20.0. The lowest BCUT2D eigenvalue weighted by Crippen LogP contribution is -2.38. The molecule has 1 aliphatic heterocycles. The minimum atomic E-state index is -4.71. The Hall–Kier alpha value is -3.20. The molecule has 0 saturated carbocycles. The SMILES string of the molecule is CSc1ccc(CC(=O)Nc2ccc(C3CCN(C(=O)c4cc(C)oc4C(F)(F)F)CC3)cc2)cc1. The van der Waals surface area contributed by atoms with E-state index in [-0.39, 0.29) is 24.0 Å². The van der Waals surface area contributed by atoms with Crippen LogP contribution in [-0.2, 0) is 17.4 Å². The smallest absolute Gasteiger partial charge is 0.450 e. The van der Waals surface area contributed by atoms with Gasteiger partial charge in [0.15, 0.2) is 0 Å². The molecule has 2 amide bonds. The van der Waals surface area contributed by atoms with Gasteiger partial charge in [-0.15, -0.1) is 11.8 Å². The minimum Gasteiger partial charge on any atom is -0.456 e. The van der Waals surface area contributed by atoms with Crippen molar-refractivity contribution in [2.24, 2.45) is 0 Å². The van der Waals surface area contributed by atoms with Crippen molar-refractivity contribution in [3.63, 3.8) is 0 Å². The summed E-state index contributed by atoms with van der Waals surface area (Å²) in [5, 5.41) is 2.91. The normalized spacial score (nSPS) is 14.6. The number of nitrogens with zero attached hydrogens (tertiary/aromatic N) is 1. The Morgan fingerprint density at radius 1 is 1.06 bits per heavy atom. The lowest BCUT2D eigenvalue weighted by molar-refractivity contribution is -0.153. The summed E-state index contributed by atoms with van der Waals surface area (Å²) in [6.07, 6.45) is -1.14. The van der Waals surface area contributed by atoms with Gasteiger partial charge in [0, 0.05) is 23.7 Å². The van der Waals surface area contributed by atoms with Crippen LogP contribution in [0.15, 0.2) is 63.9 Å². The predicted molar refractivity (Wildman–Crippen MR) is 133 cm³/mol. The summed E-state index contributed by atoms with van der Waals surface area (Å²) in [4.78, 5) is 27.8. The number of anilines is 1. The fourth-order valence-electron chi connectivity index (χ4n) is 4.44. The molecule has 2 aromatic carbocycles. The Balaban J connectivity index is 1.31. The van der Waals surface area contributed by atoms with Crippen LogP contribution in [0.2, 0.25) is 0 Å². The van der Waals surface area contributed by atoms with E-state index in [0.717, 1.165) is 22.1 Å².